The number of aryl methyl sites for hydroxylation is 1. The van der Waals surface area contributed by atoms with Crippen LogP contribution in [-0.4, -0.2) is 60.6 Å². The molecule has 0 radical (unpaired) electrons. The first-order valence-electron chi connectivity index (χ1n) is 7.66. The number of piperazine rings is 1. The van der Waals surface area contributed by atoms with Gasteiger partial charge in [-0.2, -0.15) is 0 Å². The van der Waals surface area contributed by atoms with Crippen molar-refractivity contribution in [3.63, 3.8) is 0 Å². The minimum Gasteiger partial charge on any atom is -0.327 e. The zero-order valence-electron chi connectivity index (χ0n) is 13.0. The fourth-order valence-electron chi connectivity index (χ4n) is 2.84. The SMILES string of the molecule is CCc1ccc(CC(N)CC2CN(C)CCN2C)nc1. The molecule has 1 aromatic heterocycles. The number of nitrogens with zero attached hydrogens (tertiary/aromatic N) is 3. The van der Waals surface area contributed by atoms with E-state index in [1.165, 1.54) is 5.56 Å². The summed E-state index contributed by atoms with van der Waals surface area (Å²) >= 11 is 0. The van der Waals surface area contributed by atoms with Crippen molar-refractivity contribution in [1.82, 2.24) is 14.8 Å². The number of hydrogen-bond donors (Lipinski definition) is 1. The number of rotatable bonds is 5. The molecule has 2 atom stereocenters. The summed E-state index contributed by atoms with van der Waals surface area (Å²) in [5, 5.41) is 0. The third-order valence-corrected chi connectivity index (χ3v) is 4.32. The third kappa shape index (κ3) is 4.27. The summed E-state index contributed by atoms with van der Waals surface area (Å²) in [5.74, 6) is 0. The highest BCUT2D eigenvalue weighted by molar-refractivity contribution is 5.14. The number of hydrogen-bond acceptors (Lipinski definition) is 4. The van der Waals surface area contributed by atoms with E-state index in [-0.39, 0.29) is 6.04 Å². The standard InChI is InChI=1S/C16H28N4/c1-4-13-5-6-15(18-11-13)9-14(17)10-16-12-19(2)7-8-20(16)3/h5-6,11,14,16H,4,7-10,12,17H2,1-3H3. The van der Waals surface area contributed by atoms with Crippen molar-refractivity contribution in [3.05, 3.63) is 29.6 Å². The fraction of sp³-hybridized carbons (Fsp3) is 0.688. The van der Waals surface area contributed by atoms with Crippen LogP contribution < -0.4 is 5.73 Å². The summed E-state index contributed by atoms with van der Waals surface area (Å²) < 4.78 is 0. The molecule has 0 amide bonds. The van der Waals surface area contributed by atoms with Crippen LogP contribution in [-0.2, 0) is 12.8 Å². The number of pyridine rings is 1. The van der Waals surface area contributed by atoms with E-state index in [2.05, 4.69) is 47.9 Å². The fourth-order valence-corrected chi connectivity index (χ4v) is 2.84. The van der Waals surface area contributed by atoms with Gasteiger partial charge in [0.15, 0.2) is 0 Å². The molecule has 1 aliphatic rings. The van der Waals surface area contributed by atoms with E-state index in [1.807, 2.05) is 6.20 Å². The van der Waals surface area contributed by atoms with Crippen LogP contribution >= 0.6 is 0 Å². The van der Waals surface area contributed by atoms with Gasteiger partial charge in [0.2, 0.25) is 0 Å². The predicted molar refractivity (Wildman–Crippen MR) is 83.8 cm³/mol. The lowest BCUT2D eigenvalue weighted by atomic mass is 10.00. The number of likely N-dealkylation sites (N-methyl/N-ethyl adjacent to an activating group) is 2. The largest absolute Gasteiger partial charge is 0.327 e. The van der Waals surface area contributed by atoms with Crippen LogP contribution in [0.25, 0.3) is 0 Å². The quantitative estimate of drug-likeness (QED) is 0.876. The smallest absolute Gasteiger partial charge is 0.0419 e. The molecule has 0 aliphatic carbocycles. The highest BCUT2D eigenvalue weighted by atomic mass is 15.3. The van der Waals surface area contributed by atoms with Crippen molar-refractivity contribution in [2.75, 3.05) is 33.7 Å². The Morgan fingerprint density at radius 3 is 2.80 bits per heavy atom. The van der Waals surface area contributed by atoms with Crippen LogP contribution in [0.5, 0.6) is 0 Å². The van der Waals surface area contributed by atoms with Crippen LogP contribution in [0.15, 0.2) is 18.3 Å². The van der Waals surface area contributed by atoms with Gasteiger partial charge in [0.1, 0.15) is 0 Å². The second kappa shape index (κ2) is 7.16. The van der Waals surface area contributed by atoms with Crippen molar-refractivity contribution in [3.8, 4) is 0 Å². The first-order chi connectivity index (χ1) is 9.58. The first kappa shape index (κ1) is 15.4. The van der Waals surface area contributed by atoms with E-state index >= 15 is 0 Å². The summed E-state index contributed by atoms with van der Waals surface area (Å²) in [6, 6.07) is 5.04. The Balaban J connectivity index is 1.86. The molecule has 0 bridgehead atoms. The number of nitrogens with two attached hydrogens (primary N) is 1. The zero-order valence-corrected chi connectivity index (χ0v) is 13.0. The molecule has 1 aliphatic heterocycles. The summed E-state index contributed by atoms with van der Waals surface area (Å²) in [7, 11) is 4.40. The Labute approximate surface area is 123 Å². The van der Waals surface area contributed by atoms with Crippen molar-refractivity contribution in [1.29, 1.82) is 0 Å². The summed E-state index contributed by atoms with van der Waals surface area (Å²) in [6.07, 6.45) is 4.93. The molecule has 2 N–H and O–H groups in total. The lowest BCUT2D eigenvalue weighted by molar-refractivity contribution is 0.104. The van der Waals surface area contributed by atoms with E-state index in [0.29, 0.717) is 6.04 Å². The molecule has 1 fully saturated rings. The molecule has 0 saturated carbocycles. The molecule has 1 aromatic rings. The molecule has 2 rings (SSSR count). The normalized spacial score (nSPS) is 22.9. The second-order valence-electron chi connectivity index (χ2n) is 6.11. The van der Waals surface area contributed by atoms with Crippen LogP contribution in [0, 0.1) is 0 Å². The molecule has 2 unspecified atom stereocenters. The molecule has 0 spiro atoms. The van der Waals surface area contributed by atoms with Crippen LogP contribution in [0.1, 0.15) is 24.6 Å². The Morgan fingerprint density at radius 1 is 1.35 bits per heavy atom. The molecule has 112 valence electrons. The van der Waals surface area contributed by atoms with Gasteiger partial charge >= 0.3 is 0 Å². The Bertz CT molecular complexity index is 403. The molecule has 4 nitrogen and oxygen atoms in total. The van der Waals surface area contributed by atoms with Gasteiger partial charge in [-0.15, -0.1) is 0 Å². The van der Waals surface area contributed by atoms with E-state index < -0.39 is 0 Å². The Kier molecular flexibility index (Phi) is 5.52. The molecular formula is C16H28N4. The van der Waals surface area contributed by atoms with Crippen LogP contribution in [0.3, 0.4) is 0 Å². The van der Waals surface area contributed by atoms with Gasteiger partial charge in [-0.05, 0) is 38.6 Å². The van der Waals surface area contributed by atoms with E-state index in [1.54, 1.807) is 0 Å². The van der Waals surface area contributed by atoms with Crippen LogP contribution in [0.2, 0.25) is 0 Å². The van der Waals surface area contributed by atoms with Gasteiger partial charge in [-0.3, -0.25) is 4.98 Å². The lowest BCUT2D eigenvalue weighted by Crippen LogP contribution is -2.51. The van der Waals surface area contributed by atoms with E-state index in [4.69, 9.17) is 5.73 Å². The Hall–Kier alpha value is -0.970. The second-order valence-corrected chi connectivity index (χ2v) is 6.11. The minimum atomic E-state index is 0.189. The molecule has 4 heteroatoms. The summed E-state index contributed by atoms with van der Waals surface area (Å²) in [5.41, 5.74) is 8.73. The van der Waals surface area contributed by atoms with Crippen LogP contribution in [0.4, 0.5) is 0 Å². The van der Waals surface area contributed by atoms with Crippen molar-refractivity contribution in [2.24, 2.45) is 5.73 Å². The van der Waals surface area contributed by atoms with Gasteiger partial charge in [-0.1, -0.05) is 13.0 Å². The van der Waals surface area contributed by atoms with Crippen molar-refractivity contribution in [2.45, 2.75) is 38.3 Å². The van der Waals surface area contributed by atoms with Crippen molar-refractivity contribution >= 4 is 0 Å². The minimum absolute atomic E-state index is 0.189. The van der Waals surface area contributed by atoms with Crippen molar-refractivity contribution < 1.29 is 0 Å². The zero-order chi connectivity index (χ0) is 14.5. The van der Waals surface area contributed by atoms with Gasteiger partial charge in [0, 0.05) is 50.0 Å². The maximum atomic E-state index is 6.33. The molecule has 1 saturated heterocycles. The highest BCUT2D eigenvalue weighted by Gasteiger charge is 2.24. The highest BCUT2D eigenvalue weighted by Crippen LogP contribution is 2.13. The topological polar surface area (TPSA) is 45.4 Å². The third-order valence-electron chi connectivity index (χ3n) is 4.32. The van der Waals surface area contributed by atoms with Gasteiger partial charge in [0.05, 0.1) is 0 Å². The summed E-state index contributed by atoms with van der Waals surface area (Å²) in [4.78, 5) is 9.35. The predicted octanol–water partition coefficient (Wildman–Crippen LogP) is 1.15. The van der Waals surface area contributed by atoms with Gasteiger partial charge in [0.25, 0.3) is 0 Å². The first-order valence-corrected chi connectivity index (χ1v) is 7.66. The van der Waals surface area contributed by atoms with Gasteiger partial charge in [-0.25, -0.2) is 0 Å². The molecule has 2 heterocycles. The Morgan fingerprint density at radius 2 is 2.15 bits per heavy atom. The van der Waals surface area contributed by atoms with E-state index in [9.17, 15) is 0 Å². The average Bonchev–Trinajstić information content (AvgIpc) is 2.43. The van der Waals surface area contributed by atoms with E-state index in [0.717, 1.165) is 44.6 Å². The molecular weight excluding hydrogens is 248 g/mol. The average molecular weight is 276 g/mol. The molecule has 20 heavy (non-hydrogen) atoms. The van der Waals surface area contributed by atoms with Gasteiger partial charge < -0.3 is 15.5 Å². The lowest BCUT2D eigenvalue weighted by Gasteiger charge is -2.38. The molecule has 0 aromatic carbocycles. The number of aromatic nitrogens is 1. The maximum Gasteiger partial charge on any atom is 0.0419 e. The maximum absolute atomic E-state index is 6.33. The monoisotopic (exact) mass is 276 g/mol. The summed E-state index contributed by atoms with van der Waals surface area (Å²) in [6.45, 7) is 5.56.